The van der Waals surface area contributed by atoms with Crippen LogP contribution in [-0.2, 0) is 0 Å². The summed E-state index contributed by atoms with van der Waals surface area (Å²) in [6.07, 6.45) is 30.3. The summed E-state index contributed by atoms with van der Waals surface area (Å²) in [6.45, 7) is 15.2. The van der Waals surface area contributed by atoms with Gasteiger partial charge in [0.15, 0.2) is 0 Å². The van der Waals surface area contributed by atoms with Gasteiger partial charge in [0.2, 0.25) is 0 Å². The topological polar surface area (TPSA) is 32.6 Å². The van der Waals surface area contributed by atoms with Crippen LogP contribution in [0.5, 0.6) is 0 Å². The van der Waals surface area contributed by atoms with Crippen molar-refractivity contribution < 1.29 is 5.21 Å². The Labute approximate surface area is 196 Å². The SMILES string of the molecule is CC1=C(/C=C/C(C)=C/C=C/C(C)=C/C=C/C=C(C)/C=C/C=C(C)/C=N\O)C(C)(C)CCC1. The van der Waals surface area contributed by atoms with E-state index in [0.29, 0.717) is 0 Å². The molecule has 0 amide bonds. The molecule has 0 saturated heterocycles. The number of allylic oxidation sites excluding steroid dienone is 18. The van der Waals surface area contributed by atoms with Gasteiger partial charge in [-0.25, -0.2) is 0 Å². The molecule has 1 N–H and O–H groups in total. The molecular weight excluding hydrogens is 390 g/mol. The molecule has 0 atom stereocenters. The van der Waals surface area contributed by atoms with Crippen molar-refractivity contribution >= 4 is 6.21 Å². The largest absolute Gasteiger partial charge is 0.411 e. The van der Waals surface area contributed by atoms with E-state index in [1.165, 1.54) is 47.8 Å². The van der Waals surface area contributed by atoms with E-state index < -0.39 is 0 Å². The Morgan fingerprint density at radius 1 is 0.781 bits per heavy atom. The van der Waals surface area contributed by atoms with Crippen LogP contribution in [0.15, 0.2) is 112 Å². The fourth-order valence-electron chi connectivity index (χ4n) is 3.64. The summed E-state index contributed by atoms with van der Waals surface area (Å²) in [4.78, 5) is 0. The number of hydrogen-bond donors (Lipinski definition) is 1. The molecule has 2 nitrogen and oxygen atoms in total. The first-order valence-electron chi connectivity index (χ1n) is 11.4. The number of nitrogens with zero attached hydrogens (tertiary/aromatic N) is 1. The van der Waals surface area contributed by atoms with E-state index in [0.717, 1.165) is 11.1 Å². The predicted octanol–water partition coefficient (Wildman–Crippen LogP) is 8.98. The Bertz CT molecular complexity index is 922. The maximum atomic E-state index is 8.48. The highest BCUT2D eigenvalue weighted by atomic mass is 16.4. The lowest BCUT2D eigenvalue weighted by Crippen LogP contribution is -2.19. The van der Waals surface area contributed by atoms with Gasteiger partial charge in [-0.2, -0.15) is 0 Å². The zero-order valence-electron chi connectivity index (χ0n) is 21.0. The second-order valence-electron chi connectivity index (χ2n) is 9.26. The summed E-state index contributed by atoms with van der Waals surface area (Å²) in [6, 6.07) is 0. The third kappa shape index (κ3) is 10.9. The van der Waals surface area contributed by atoms with Crippen molar-refractivity contribution in [1.29, 1.82) is 0 Å². The van der Waals surface area contributed by atoms with Gasteiger partial charge in [0.05, 0.1) is 6.21 Å². The minimum atomic E-state index is 0.285. The molecule has 0 heterocycles. The molecule has 0 fully saturated rings. The standard InChI is InChI=1S/C30H41NO/c1-24(13-8-9-14-25(2)16-11-18-27(4)23-31-32)15-10-17-26(3)20-21-29-28(5)19-12-22-30(29,6)7/h8-11,13-18,20-21,23,32H,12,19,22H2,1-7H3/b9-8+,15-10+,16-11+,21-20+,24-13+,25-14+,26-17+,27-18+,31-23-. The van der Waals surface area contributed by atoms with Crippen LogP contribution in [0.2, 0.25) is 0 Å². The van der Waals surface area contributed by atoms with Gasteiger partial charge in [-0.1, -0.05) is 114 Å². The van der Waals surface area contributed by atoms with Crippen molar-refractivity contribution in [2.24, 2.45) is 10.6 Å². The van der Waals surface area contributed by atoms with E-state index in [9.17, 15) is 0 Å². The third-order valence-electron chi connectivity index (χ3n) is 5.58. The van der Waals surface area contributed by atoms with E-state index in [4.69, 9.17) is 5.21 Å². The molecule has 32 heavy (non-hydrogen) atoms. The summed E-state index contributed by atoms with van der Waals surface area (Å²) < 4.78 is 0. The monoisotopic (exact) mass is 431 g/mol. The van der Waals surface area contributed by atoms with Gasteiger partial charge in [-0.15, -0.1) is 0 Å². The van der Waals surface area contributed by atoms with E-state index >= 15 is 0 Å². The van der Waals surface area contributed by atoms with Crippen molar-refractivity contribution in [1.82, 2.24) is 0 Å². The number of oxime groups is 1. The third-order valence-corrected chi connectivity index (χ3v) is 5.58. The second-order valence-corrected chi connectivity index (χ2v) is 9.26. The van der Waals surface area contributed by atoms with Gasteiger partial charge < -0.3 is 5.21 Å². The Balaban J connectivity index is 2.64. The highest BCUT2D eigenvalue weighted by molar-refractivity contribution is 5.77. The van der Waals surface area contributed by atoms with Gasteiger partial charge in [0.1, 0.15) is 0 Å². The summed E-state index contributed by atoms with van der Waals surface area (Å²) in [5.74, 6) is 0. The second kappa shape index (κ2) is 14.2. The van der Waals surface area contributed by atoms with E-state index in [1.54, 1.807) is 0 Å². The summed E-state index contributed by atoms with van der Waals surface area (Å²) in [7, 11) is 0. The molecule has 1 rings (SSSR count). The normalized spacial score (nSPS) is 19.7. The average molecular weight is 432 g/mol. The van der Waals surface area contributed by atoms with Crippen molar-refractivity contribution in [3.8, 4) is 0 Å². The van der Waals surface area contributed by atoms with Gasteiger partial charge in [0, 0.05) is 0 Å². The molecule has 1 aliphatic rings. The van der Waals surface area contributed by atoms with Gasteiger partial charge in [-0.05, 0) is 70.4 Å². The highest BCUT2D eigenvalue weighted by Crippen LogP contribution is 2.40. The molecule has 0 saturated carbocycles. The Kier molecular flexibility index (Phi) is 12.1. The van der Waals surface area contributed by atoms with Crippen molar-refractivity contribution in [3.05, 3.63) is 106 Å². The molecule has 0 unspecified atom stereocenters. The number of rotatable bonds is 9. The molecule has 0 radical (unpaired) electrons. The molecule has 172 valence electrons. The maximum absolute atomic E-state index is 8.48. The first-order chi connectivity index (χ1) is 15.2. The molecule has 0 aromatic rings. The van der Waals surface area contributed by atoms with E-state index in [1.807, 2.05) is 44.2 Å². The summed E-state index contributed by atoms with van der Waals surface area (Å²) >= 11 is 0. The van der Waals surface area contributed by atoms with Crippen LogP contribution in [0.1, 0.15) is 67.7 Å². The molecule has 0 aromatic heterocycles. The van der Waals surface area contributed by atoms with Gasteiger partial charge >= 0.3 is 0 Å². The maximum Gasteiger partial charge on any atom is 0.0690 e. The van der Waals surface area contributed by atoms with Crippen LogP contribution in [0.3, 0.4) is 0 Å². The number of hydrogen-bond acceptors (Lipinski definition) is 2. The molecule has 0 aliphatic heterocycles. The molecule has 0 aromatic carbocycles. The Morgan fingerprint density at radius 3 is 1.81 bits per heavy atom. The summed E-state index contributed by atoms with van der Waals surface area (Å²) in [5.41, 5.74) is 7.81. The Morgan fingerprint density at radius 2 is 1.28 bits per heavy atom. The fraction of sp³-hybridized carbons (Fsp3) is 0.367. The minimum absolute atomic E-state index is 0.285. The van der Waals surface area contributed by atoms with Crippen LogP contribution in [-0.4, -0.2) is 11.4 Å². The Hall–Kier alpha value is -2.87. The average Bonchev–Trinajstić information content (AvgIpc) is 2.70. The molecule has 0 spiro atoms. The first kappa shape index (κ1) is 27.2. The minimum Gasteiger partial charge on any atom is -0.411 e. The first-order valence-corrected chi connectivity index (χ1v) is 11.4. The lowest BCUT2D eigenvalue weighted by molar-refractivity contribution is 0.321. The molecule has 1 aliphatic carbocycles. The zero-order chi connectivity index (χ0) is 24.0. The van der Waals surface area contributed by atoms with Crippen LogP contribution in [0.25, 0.3) is 0 Å². The van der Waals surface area contributed by atoms with Crippen molar-refractivity contribution in [2.45, 2.75) is 67.7 Å². The predicted molar refractivity (Wildman–Crippen MR) is 142 cm³/mol. The van der Waals surface area contributed by atoms with E-state index in [-0.39, 0.29) is 5.41 Å². The van der Waals surface area contributed by atoms with Crippen LogP contribution in [0, 0.1) is 5.41 Å². The quantitative estimate of drug-likeness (QED) is 0.168. The van der Waals surface area contributed by atoms with Gasteiger partial charge in [0.25, 0.3) is 0 Å². The van der Waals surface area contributed by atoms with Crippen molar-refractivity contribution in [3.63, 3.8) is 0 Å². The van der Waals surface area contributed by atoms with Crippen LogP contribution >= 0.6 is 0 Å². The van der Waals surface area contributed by atoms with Crippen LogP contribution in [0.4, 0.5) is 0 Å². The molecule has 0 bridgehead atoms. The lowest BCUT2D eigenvalue weighted by atomic mass is 9.72. The smallest absolute Gasteiger partial charge is 0.0690 e. The van der Waals surface area contributed by atoms with Crippen molar-refractivity contribution in [2.75, 3.05) is 0 Å². The van der Waals surface area contributed by atoms with Gasteiger partial charge in [-0.3, -0.25) is 0 Å². The zero-order valence-corrected chi connectivity index (χ0v) is 21.0. The van der Waals surface area contributed by atoms with Crippen LogP contribution < -0.4 is 0 Å². The fourth-order valence-corrected chi connectivity index (χ4v) is 3.64. The van der Waals surface area contributed by atoms with E-state index in [2.05, 4.69) is 82.3 Å². The molecular formula is C30H41NO. The lowest BCUT2D eigenvalue weighted by Gasteiger charge is -2.32. The summed E-state index contributed by atoms with van der Waals surface area (Å²) in [5, 5.41) is 11.5. The highest BCUT2D eigenvalue weighted by Gasteiger charge is 2.26. The molecule has 2 heteroatoms.